The standard InChI is InChI=1S/C16H21N3O2S2/c1-3-12-7-13-15(18-10(2)19-16(13)23-12)22-9-14(20)17-8-11-5-4-6-21-11/h7,11H,3-6,8-9H2,1-2H3,(H,17,20). The zero-order valence-corrected chi connectivity index (χ0v) is 15.1. The molecule has 124 valence electrons. The summed E-state index contributed by atoms with van der Waals surface area (Å²) >= 11 is 3.19. The molecular formula is C16H21N3O2S2. The first-order chi connectivity index (χ1) is 11.2. The van der Waals surface area contributed by atoms with E-state index in [4.69, 9.17) is 4.74 Å². The van der Waals surface area contributed by atoms with Crippen molar-refractivity contribution in [3.8, 4) is 0 Å². The summed E-state index contributed by atoms with van der Waals surface area (Å²) in [6.45, 7) is 5.45. The molecule has 23 heavy (non-hydrogen) atoms. The van der Waals surface area contributed by atoms with E-state index >= 15 is 0 Å². The van der Waals surface area contributed by atoms with Gasteiger partial charge in [-0.15, -0.1) is 11.3 Å². The Kier molecular flexibility index (Phi) is 5.50. The summed E-state index contributed by atoms with van der Waals surface area (Å²) in [4.78, 5) is 23.3. The monoisotopic (exact) mass is 351 g/mol. The highest BCUT2D eigenvalue weighted by Gasteiger charge is 2.17. The molecule has 2 aromatic heterocycles. The molecule has 1 saturated heterocycles. The highest BCUT2D eigenvalue weighted by molar-refractivity contribution is 8.00. The predicted molar refractivity (Wildman–Crippen MR) is 94.2 cm³/mol. The summed E-state index contributed by atoms with van der Waals surface area (Å²) in [5.41, 5.74) is 0. The van der Waals surface area contributed by atoms with Crippen molar-refractivity contribution in [2.45, 2.75) is 44.2 Å². The molecule has 7 heteroatoms. The van der Waals surface area contributed by atoms with Gasteiger partial charge in [0.1, 0.15) is 15.7 Å². The van der Waals surface area contributed by atoms with Gasteiger partial charge in [-0.1, -0.05) is 18.7 Å². The van der Waals surface area contributed by atoms with Crippen molar-refractivity contribution >= 4 is 39.2 Å². The fraction of sp³-hybridized carbons (Fsp3) is 0.562. The molecule has 1 N–H and O–H groups in total. The second-order valence-corrected chi connectivity index (χ2v) is 7.67. The number of hydrogen-bond donors (Lipinski definition) is 1. The molecule has 5 nitrogen and oxygen atoms in total. The van der Waals surface area contributed by atoms with Crippen molar-refractivity contribution < 1.29 is 9.53 Å². The van der Waals surface area contributed by atoms with E-state index in [1.807, 2.05) is 6.92 Å². The zero-order valence-electron chi connectivity index (χ0n) is 13.4. The van der Waals surface area contributed by atoms with Crippen LogP contribution in [0, 0.1) is 6.92 Å². The Morgan fingerprint density at radius 3 is 3.13 bits per heavy atom. The lowest BCUT2D eigenvalue weighted by Crippen LogP contribution is -2.32. The van der Waals surface area contributed by atoms with Crippen LogP contribution in [-0.2, 0) is 16.0 Å². The van der Waals surface area contributed by atoms with Crippen molar-refractivity contribution in [1.29, 1.82) is 0 Å². The van der Waals surface area contributed by atoms with Gasteiger partial charge in [0.2, 0.25) is 5.91 Å². The third kappa shape index (κ3) is 4.22. The Morgan fingerprint density at radius 1 is 1.52 bits per heavy atom. The molecule has 1 amide bonds. The van der Waals surface area contributed by atoms with Gasteiger partial charge in [-0.05, 0) is 32.3 Å². The summed E-state index contributed by atoms with van der Waals surface area (Å²) in [5, 5.41) is 4.91. The summed E-state index contributed by atoms with van der Waals surface area (Å²) in [6.07, 6.45) is 3.30. The first-order valence-corrected chi connectivity index (χ1v) is 9.74. The van der Waals surface area contributed by atoms with Crippen LogP contribution >= 0.6 is 23.1 Å². The highest BCUT2D eigenvalue weighted by atomic mass is 32.2. The van der Waals surface area contributed by atoms with E-state index in [2.05, 4.69) is 28.3 Å². The Bertz CT molecular complexity index is 696. The van der Waals surface area contributed by atoms with Crippen molar-refractivity contribution in [2.75, 3.05) is 18.9 Å². The topological polar surface area (TPSA) is 64.1 Å². The molecule has 3 heterocycles. The second kappa shape index (κ2) is 7.59. The number of nitrogens with zero attached hydrogens (tertiary/aromatic N) is 2. The third-order valence-electron chi connectivity index (χ3n) is 3.76. The fourth-order valence-corrected chi connectivity index (χ4v) is 4.50. The Morgan fingerprint density at radius 2 is 2.39 bits per heavy atom. The van der Waals surface area contributed by atoms with Gasteiger partial charge in [-0.3, -0.25) is 4.79 Å². The first kappa shape index (κ1) is 16.7. The van der Waals surface area contributed by atoms with Crippen LogP contribution in [0.5, 0.6) is 0 Å². The molecule has 1 fully saturated rings. The first-order valence-electron chi connectivity index (χ1n) is 7.94. The van der Waals surface area contributed by atoms with E-state index in [1.165, 1.54) is 16.6 Å². The molecule has 1 atom stereocenters. The molecule has 1 aliphatic rings. The fourth-order valence-electron chi connectivity index (χ4n) is 2.55. The quantitative estimate of drug-likeness (QED) is 0.640. The van der Waals surface area contributed by atoms with Gasteiger partial charge in [0.25, 0.3) is 0 Å². The number of fused-ring (bicyclic) bond motifs is 1. The lowest BCUT2D eigenvalue weighted by molar-refractivity contribution is -0.119. The Labute approximate surface area is 144 Å². The van der Waals surface area contributed by atoms with Crippen LogP contribution in [0.4, 0.5) is 0 Å². The average molecular weight is 351 g/mol. The maximum absolute atomic E-state index is 12.0. The van der Waals surface area contributed by atoms with E-state index in [1.54, 1.807) is 11.3 Å². The minimum Gasteiger partial charge on any atom is -0.376 e. The van der Waals surface area contributed by atoms with E-state index < -0.39 is 0 Å². The second-order valence-electron chi connectivity index (χ2n) is 5.59. The number of amides is 1. The van der Waals surface area contributed by atoms with Crippen LogP contribution < -0.4 is 5.32 Å². The normalized spacial score (nSPS) is 17.7. The van der Waals surface area contributed by atoms with E-state index in [-0.39, 0.29) is 12.0 Å². The smallest absolute Gasteiger partial charge is 0.230 e. The molecule has 0 spiro atoms. The lowest BCUT2D eigenvalue weighted by atomic mass is 10.2. The molecule has 2 aromatic rings. The Balaban J connectivity index is 1.61. The third-order valence-corrected chi connectivity index (χ3v) is 5.92. The predicted octanol–water partition coefficient (Wildman–Crippen LogP) is 2.95. The Hall–Kier alpha value is -1.18. The molecule has 0 bridgehead atoms. The van der Waals surface area contributed by atoms with Crippen molar-refractivity contribution in [1.82, 2.24) is 15.3 Å². The molecule has 1 aliphatic heterocycles. The van der Waals surface area contributed by atoms with Crippen LogP contribution in [-0.4, -0.2) is 40.9 Å². The van der Waals surface area contributed by atoms with E-state index in [9.17, 15) is 4.79 Å². The summed E-state index contributed by atoms with van der Waals surface area (Å²) in [6, 6.07) is 2.14. The van der Waals surface area contributed by atoms with Gasteiger partial charge in [-0.25, -0.2) is 9.97 Å². The van der Waals surface area contributed by atoms with Crippen LogP contribution in [0.15, 0.2) is 11.1 Å². The van der Waals surface area contributed by atoms with Crippen LogP contribution in [0.25, 0.3) is 10.2 Å². The number of aryl methyl sites for hydroxylation is 2. The summed E-state index contributed by atoms with van der Waals surface area (Å²) in [7, 11) is 0. The maximum Gasteiger partial charge on any atom is 0.230 e. The van der Waals surface area contributed by atoms with Crippen molar-refractivity contribution in [2.24, 2.45) is 0 Å². The minimum absolute atomic E-state index is 0.0286. The minimum atomic E-state index is 0.0286. The molecule has 0 saturated carbocycles. The molecule has 1 unspecified atom stereocenters. The number of carbonyl (C=O) groups excluding carboxylic acids is 1. The van der Waals surface area contributed by atoms with Gasteiger partial charge >= 0.3 is 0 Å². The average Bonchev–Trinajstić information content (AvgIpc) is 3.19. The number of nitrogens with one attached hydrogen (secondary N) is 1. The van der Waals surface area contributed by atoms with E-state index in [0.29, 0.717) is 12.3 Å². The lowest BCUT2D eigenvalue weighted by Gasteiger charge is -2.10. The van der Waals surface area contributed by atoms with Crippen LogP contribution in [0.3, 0.4) is 0 Å². The van der Waals surface area contributed by atoms with Crippen molar-refractivity contribution in [3.05, 3.63) is 16.8 Å². The van der Waals surface area contributed by atoms with Gasteiger partial charge in [0.15, 0.2) is 0 Å². The largest absolute Gasteiger partial charge is 0.376 e. The number of thiophene rings is 1. The van der Waals surface area contributed by atoms with Crippen molar-refractivity contribution in [3.63, 3.8) is 0 Å². The number of hydrogen-bond acceptors (Lipinski definition) is 6. The number of aromatic nitrogens is 2. The molecule has 3 rings (SSSR count). The van der Waals surface area contributed by atoms with Gasteiger partial charge in [0.05, 0.1) is 11.9 Å². The zero-order chi connectivity index (χ0) is 16.2. The number of ether oxygens (including phenoxy) is 1. The van der Waals surface area contributed by atoms with Gasteiger partial charge < -0.3 is 10.1 Å². The van der Waals surface area contributed by atoms with Gasteiger partial charge in [-0.2, -0.15) is 0 Å². The number of thioether (sulfide) groups is 1. The molecule has 0 radical (unpaired) electrons. The molecule has 0 aromatic carbocycles. The molecule has 0 aliphatic carbocycles. The van der Waals surface area contributed by atoms with Crippen LogP contribution in [0.2, 0.25) is 0 Å². The highest BCUT2D eigenvalue weighted by Crippen LogP contribution is 2.31. The number of rotatable bonds is 6. The van der Waals surface area contributed by atoms with Gasteiger partial charge in [0, 0.05) is 23.4 Å². The van der Waals surface area contributed by atoms with Crippen LogP contribution in [0.1, 0.15) is 30.5 Å². The number of carbonyl (C=O) groups is 1. The maximum atomic E-state index is 12.0. The SMILES string of the molecule is CCc1cc2c(SCC(=O)NCC3CCCO3)nc(C)nc2s1. The summed E-state index contributed by atoms with van der Waals surface area (Å²) < 4.78 is 5.51. The van der Waals surface area contributed by atoms with E-state index in [0.717, 1.165) is 46.9 Å². The molecular weight excluding hydrogens is 330 g/mol. The summed E-state index contributed by atoms with van der Waals surface area (Å²) in [5.74, 6) is 1.15.